The average Bonchev–Trinajstić information content (AvgIpc) is 2.50. The fourth-order valence-electron chi connectivity index (χ4n) is 2.05. The predicted molar refractivity (Wildman–Crippen MR) is 69.8 cm³/mol. The lowest BCUT2D eigenvalue weighted by atomic mass is 10.1. The van der Waals surface area contributed by atoms with Crippen molar-refractivity contribution in [2.45, 2.75) is 13.5 Å². The van der Waals surface area contributed by atoms with E-state index in [9.17, 15) is 0 Å². The zero-order valence-electron chi connectivity index (χ0n) is 9.67. The van der Waals surface area contributed by atoms with E-state index in [1.54, 1.807) is 7.11 Å². The third kappa shape index (κ3) is 1.53. The Balaban J connectivity index is 2.85. The molecule has 0 amide bonds. The first-order valence-electron chi connectivity index (χ1n) is 5.11. The molecule has 1 heterocycles. The summed E-state index contributed by atoms with van der Waals surface area (Å²) in [6, 6.07) is 4.11. The molecule has 0 atom stereocenters. The number of rotatable bonds is 2. The summed E-state index contributed by atoms with van der Waals surface area (Å²) >= 11 is 3.50. The lowest BCUT2D eigenvalue weighted by molar-refractivity contribution is 0.412. The Hall–Kier alpha value is -1.00. The molecule has 1 aromatic carbocycles. The number of ether oxygens (including phenoxy) is 1. The SMILES string of the molecule is COc1cc2c(cc1Br)c(CN)c(C)n2C. The maximum Gasteiger partial charge on any atom is 0.135 e. The molecule has 0 radical (unpaired) electrons. The maximum absolute atomic E-state index is 5.79. The van der Waals surface area contributed by atoms with Crippen LogP contribution in [0.15, 0.2) is 16.6 Å². The van der Waals surface area contributed by atoms with Crippen molar-refractivity contribution in [3.05, 3.63) is 27.9 Å². The van der Waals surface area contributed by atoms with Crippen molar-refractivity contribution in [1.29, 1.82) is 0 Å². The van der Waals surface area contributed by atoms with Crippen LogP contribution in [0.1, 0.15) is 11.3 Å². The van der Waals surface area contributed by atoms with Gasteiger partial charge in [-0.25, -0.2) is 0 Å². The van der Waals surface area contributed by atoms with E-state index in [0.717, 1.165) is 15.7 Å². The molecule has 0 aliphatic carbocycles. The molecule has 16 heavy (non-hydrogen) atoms. The van der Waals surface area contributed by atoms with Crippen molar-refractivity contribution in [1.82, 2.24) is 4.57 Å². The van der Waals surface area contributed by atoms with E-state index in [0.29, 0.717) is 6.54 Å². The molecule has 0 bridgehead atoms. The highest BCUT2D eigenvalue weighted by atomic mass is 79.9. The zero-order valence-corrected chi connectivity index (χ0v) is 11.3. The first-order valence-corrected chi connectivity index (χ1v) is 5.91. The van der Waals surface area contributed by atoms with E-state index in [1.807, 2.05) is 13.1 Å². The van der Waals surface area contributed by atoms with E-state index < -0.39 is 0 Å². The summed E-state index contributed by atoms with van der Waals surface area (Å²) < 4.78 is 8.41. The van der Waals surface area contributed by atoms with E-state index >= 15 is 0 Å². The number of hydrogen-bond acceptors (Lipinski definition) is 2. The lowest BCUT2D eigenvalue weighted by Crippen LogP contribution is -1.98. The number of benzene rings is 1. The highest BCUT2D eigenvalue weighted by molar-refractivity contribution is 9.10. The van der Waals surface area contributed by atoms with Crippen molar-refractivity contribution < 1.29 is 4.74 Å². The largest absolute Gasteiger partial charge is 0.495 e. The molecule has 1 aromatic heterocycles. The van der Waals surface area contributed by atoms with Gasteiger partial charge in [0, 0.05) is 30.7 Å². The molecule has 0 saturated carbocycles. The molecule has 2 aromatic rings. The molecule has 4 heteroatoms. The molecular weight excluding hydrogens is 268 g/mol. The third-order valence-corrected chi connectivity index (χ3v) is 3.72. The standard InChI is InChI=1S/C12H15BrN2O/c1-7-9(6-14)8-4-10(13)12(16-3)5-11(8)15(7)2/h4-5H,6,14H2,1-3H3. The van der Waals surface area contributed by atoms with Crippen molar-refractivity contribution >= 4 is 26.8 Å². The van der Waals surface area contributed by atoms with Crippen LogP contribution in [0.4, 0.5) is 0 Å². The highest BCUT2D eigenvalue weighted by Crippen LogP contribution is 2.34. The van der Waals surface area contributed by atoms with Gasteiger partial charge in [0.2, 0.25) is 0 Å². The van der Waals surface area contributed by atoms with Crippen LogP contribution < -0.4 is 10.5 Å². The van der Waals surface area contributed by atoms with E-state index in [1.165, 1.54) is 16.6 Å². The van der Waals surface area contributed by atoms with Crippen LogP contribution in [0.3, 0.4) is 0 Å². The van der Waals surface area contributed by atoms with E-state index in [-0.39, 0.29) is 0 Å². The summed E-state index contributed by atoms with van der Waals surface area (Å²) in [6.45, 7) is 2.64. The average molecular weight is 283 g/mol. The van der Waals surface area contributed by atoms with Gasteiger partial charge in [-0.15, -0.1) is 0 Å². The van der Waals surface area contributed by atoms with Gasteiger partial charge < -0.3 is 15.0 Å². The Kier molecular flexibility index (Phi) is 2.95. The van der Waals surface area contributed by atoms with Gasteiger partial charge in [0.1, 0.15) is 5.75 Å². The smallest absolute Gasteiger partial charge is 0.135 e. The summed E-state index contributed by atoms with van der Waals surface area (Å²) in [5, 5.41) is 1.19. The molecule has 3 nitrogen and oxygen atoms in total. The Bertz CT molecular complexity index is 546. The van der Waals surface area contributed by atoms with Gasteiger partial charge in [0.05, 0.1) is 17.1 Å². The maximum atomic E-state index is 5.79. The minimum atomic E-state index is 0.557. The van der Waals surface area contributed by atoms with Crippen LogP contribution >= 0.6 is 15.9 Å². The minimum absolute atomic E-state index is 0.557. The summed E-state index contributed by atoms with van der Waals surface area (Å²) in [5.41, 5.74) is 9.34. The van der Waals surface area contributed by atoms with Gasteiger partial charge in [0.25, 0.3) is 0 Å². The van der Waals surface area contributed by atoms with Crippen LogP contribution in [0.5, 0.6) is 5.75 Å². The number of fused-ring (bicyclic) bond motifs is 1. The van der Waals surface area contributed by atoms with E-state index in [2.05, 4.69) is 33.5 Å². The molecule has 0 saturated heterocycles. The molecule has 86 valence electrons. The molecule has 0 aliphatic heterocycles. The van der Waals surface area contributed by atoms with Crippen LogP contribution in [-0.2, 0) is 13.6 Å². The summed E-state index contributed by atoms with van der Waals surface area (Å²) in [5.74, 6) is 0.844. The summed E-state index contributed by atoms with van der Waals surface area (Å²) in [7, 11) is 3.72. The second-order valence-corrected chi connectivity index (χ2v) is 4.69. The number of aryl methyl sites for hydroxylation is 1. The van der Waals surface area contributed by atoms with E-state index in [4.69, 9.17) is 10.5 Å². The number of nitrogens with zero attached hydrogens (tertiary/aromatic N) is 1. The van der Waals surface area contributed by atoms with Crippen molar-refractivity contribution in [2.24, 2.45) is 12.8 Å². The fourth-order valence-corrected chi connectivity index (χ4v) is 2.56. The van der Waals surface area contributed by atoms with Gasteiger partial charge >= 0.3 is 0 Å². The number of aromatic nitrogens is 1. The Morgan fingerprint density at radius 1 is 1.44 bits per heavy atom. The van der Waals surface area contributed by atoms with Crippen molar-refractivity contribution in [3.8, 4) is 5.75 Å². The number of methoxy groups -OCH3 is 1. The van der Waals surface area contributed by atoms with Gasteiger partial charge in [-0.05, 0) is 34.5 Å². The second-order valence-electron chi connectivity index (χ2n) is 3.83. The number of hydrogen-bond donors (Lipinski definition) is 1. The zero-order chi connectivity index (χ0) is 11.9. The van der Waals surface area contributed by atoms with Crippen LogP contribution in [0.25, 0.3) is 10.9 Å². The molecule has 0 unspecified atom stereocenters. The highest BCUT2D eigenvalue weighted by Gasteiger charge is 2.13. The normalized spacial score (nSPS) is 11.1. The minimum Gasteiger partial charge on any atom is -0.495 e. The Morgan fingerprint density at radius 2 is 2.12 bits per heavy atom. The molecule has 2 rings (SSSR count). The fraction of sp³-hybridized carbons (Fsp3) is 0.333. The number of halogens is 1. The molecule has 0 spiro atoms. The quantitative estimate of drug-likeness (QED) is 0.920. The van der Waals surface area contributed by atoms with Crippen molar-refractivity contribution in [3.63, 3.8) is 0 Å². The second kappa shape index (κ2) is 4.11. The molecule has 0 fully saturated rings. The monoisotopic (exact) mass is 282 g/mol. The lowest BCUT2D eigenvalue weighted by Gasteiger charge is -2.04. The van der Waals surface area contributed by atoms with Crippen molar-refractivity contribution in [2.75, 3.05) is 7.11 Å². The van der Waals surface area contributed by atoms with Gasteiger partial charge in [-0.1, -0.05) is 0 Å². The summed E-state index contributed by atoms with van der Waals surface area (Å²) in [4.78, 5) is 0. The van der Waals surface area contributed by atoms with Gasteiger partial charge in [0.15, 0.2) is 0 Å². The Morgan fingerprint density at radius 3 is 2.69 bits per heavy atom. The number of nitrogens with two attached hydrogens (primary N) is 1. The van der Waals surface area contributed by atoms with Crippen LogP contribution in [-0.4, -0.2) is 11.7 Å². The third-order valence-electron chi connectivity index (χ3n) is 3.10. The molecule has 2 N–H and O–H groups in total. The molecule has 0 aliphatic rings. The van der Waals surface area contributed by atoms with Crippen LogP contribution in [0, 0.1) is 6.92 Å². The Labute approximate surface area is 103 Å². The summed E-state index contributed by atoms with van der Waals surface area (Å²) in [6.07, 6.45) is 0. The predicted octanol–water partition coefficient (Wildman–Crippen LogP) is 2.72. The first-order chi connectivity index (χ1) is 7.60. The topological polar surface area (TPSA) is 40.2 Å². The first kappa shape index (κ1) is 11.5. The van der Waals surface area contributed by atoms with Gasteiger partial charge in [-0.3, -0.25) is 0 Å². The van der Waals surface area contributed by atoms with Crippen LogP contribution in [0.2, 0.25) is 0 Å². The molecular formula is C12H15BrN2O. The van der Waals surface area contributed by atoms with Gasteiger partial charge in [-0.2, -0.15) is 0 Å².